The van der Waals surface area contributed by atoms with Crippen LogP contribution in [0.15, 0.2) is 6.20 Å². The Balaban J connectivity index is 1.75. The van der Waals surface area contributed by atoms with Crippen LogP contribution in [0.1, 0.15) is 10.5 Å². The van der Waals surface area contributed by atoms with Crippen LogP contribution in [0.3, 0.4) is 0 Å². The van der Waals surface area contributed by atoms with Gasteiger partial charge in [0, 0.05) is 12.3 Å². The number of amides is 2. The molecule has 1 saturated heterocycles. The number of carboxylic acid groups (broad SMARTS) is 1. The first-order valence-corrected chi connectivity index (χ1v) is 6.39. The van der Waals surface area contributed by atoms with Gasteiger partial charge in [0.15, 0.2) is 5.69 Å². The first kappa shape index (κ1) is 13.3. The van der Waals surface area contributed by atoms with Crippen LogP contribution in [0.25, 0.3) is 0 Å². The van der Waals surface area contributed by atoms with E-state index in [1.54, 1.807) is 0 Å². The van der Waals surface area contributed by atoms with Crippen molar-refractivity contribution in [2.45, 2.75) is 12.6 Å². The first-order valence-electron chi connectivity index (χ1n) is 5.40. The summed E-state index contributed by atoms with van der Waals surface area (Å²) < 4.78 is 1.33. The fraction of sp³-hybridized carbons (Fsp3) is 0.444. The lowest BCUT2D eigenvalue weighted by molar-refractivity contribution is -0.122. The van der Waals surface area contributed by atoms with Gasteiger partial charge >= 0.3 is 5.97 Å². The summed E-state index contributed by atoms with van der Waals surface area (Å²) in [4.78, 5) is 33.1. The van der Waals surface area contributed by atoms with E-state index in [0.717, 1.165) is 11.8 Å². The van der Waals surface area contributed by atoms with E-state index >= 15 is 0 Å². The number of rotatable bonds is 5. The molecule has 2 amide bonds. The third-order valence-corrected chi connectivity index (χ3v) is 3.27. The molecule has 0 saturated carbocycles. The van der Waals surface area contributed by atoms with Crippen molar-refractivity contribution < 1.29 is 19.5 Å². The molecule has 3 N–H and O–H groups in total. The Bertz CT molecular complexity index is 516. The SMILES string of the molecule is O=C1NC(C(=O)NCCn2cc(C(=O)O)nn2)CS1. The molecule has 1 unspecified atom stereocenters. The number of nitrogens with one attached hydrogen (secondary N) is 2. The van der Waals surface area contributed by atoms with Crippen LogP contribution in [0, 0.1) is 0 Å². The summed E-state index contributed by atoms with van der Waals surface area (Å²) in [6.07, 6.45) is 1.28. The second kappa shape index (κ2) is 5.69. The molecule has 1 fully saturated rings. The Labute approximate surface area is 111 Å². The van der Waals surface area contributed by atoms with E-state index in [1.807, 2.05) is 0 Å². The molecule has 0 radical (unpaired) electrons. The molecule has 0 spiro atoms. The van der Waals surface area contributed by atoms with Gasteiger partial charge in [-0.2, -0.15) is 0 Å². The molecule has 1 aromatic rings. The molecule has 10 heteroatoms. The topological polar surface area (TPSA) is 126 Å². The number of nitrogens with zero attached hydrogens (tertiary/aromatic N) is 3. The lowest BCUT2D eigenvalue weighted by Gasteiger charge is -2.09. The predicted molar refractivity (Wildman–Crippen MR) is 64.8 cm³/mol. The molecule has 2 rings (SSSR count). The summed E-state index contributed by atoms with van der Waals surface area (Å²) >= 11 is 1.07. The quantitative estimate of drug-likeness (QED) is 0.628. The molecule has 1 atom stereocenters. The maximum atomic E-state index is 11.6. The van der Waals surface area contributed by atoms with Gasteiger partial charge < -0.3 is 15.7 Å². The number of hydrogen-bond acceptors (Lipinski definition) is 6. The maximum absolute atomic E-state index is 11.6. The van der Waals surface area contributed by atoms with Crippen molar-refractivity contribution >= 4 is 28.9 Å². The summed E-state index contributed by atoms with van der Waals surface area (Å²) in [5, 5.41) is 20.6. The minimum Gasteiger partial charge on any atom is -0.476 e. The average Bonchev–Trinajstić information content (AvgIpc) is 2.98. The van der Waals surface area contributed by atoms with Crippen molar-refractivity contribution in [3.05, 3.63) is 11.9 Å². The number of hydrogen-bond donors (Lipinski definition) is 3. The highest BCUT2D eigenvalue weighted by Crippen LogP contribution is 2.12. The van der Waals surface area contributed by atoms with Crippen LogP contribution < -0.4 is 10.6 Å². The normalized spacial score (nSPS) is 18.1. The second-order valence-corrected chi connectivity index (χ2v) is 4.75. The van der Waals surface area contributed by atoms with E-state index < -0.39 is 12.0 Å². The standard InChI is InChI=1S/C9H11N5O4S/c15-7(6-4-19-9(18)11-6)10-1-2-14-3-5(8(16)17)12-13-14/h3,6H,1-2,4H2,(H,10,15)(H,11,18)(H,16,17). The van der Waals surface area contributed by atoms with E-state index in [1.165, 1.54) is 10.9 Å². The first-order chi connectivity index (χ1) is 9.06. The number of carbonyl (C=O) groups is 3. The van der Waals surface area contributed by atoms with Gasteiger partial charge in [-0.1, -0.05) is 17.0 Å². The molecule has 1 aliphatic heterocycles. The number of carboxylic acids is 1. The fourth-order valence-corrected chi connectivity index (χ4v) is 2.23. The Hall–Kier alpha value is -2.10. The van der Waals surface area contributed by atoms with Crippen molar-refractivity contribution in [2.75, 3.05) is 12.3 Å². The molecule has 2 heterocycles. The fourth-order valence-electron chi connectivity index (χ4n) is 1.45. The van der Waals surface area contributed by atoms with E-state index in [4.69, 9.17) is 5.11 Å². The van der Waals surface area contributed by atoms with Crippen LogP contribution in [-0.4, -0.2) is 55.6 Å². The molecule has 19 heavy (non-hydrogen) atoms. The molecular formula is C9H11N5O4S. The van der Waals surface area contributed by atoms with E-state index in [9.17, 15) is 14.4 Å². The summed E-state index contributed by atoms with van der Waals surface area (Å²) in [7, 11) is 0. The highest BCUT2D eigenvalue weighted by molar-refractivity contribution is 8.14. The predicted octanol–water partition coefficient (Wildman–Crippen LogP) is -1.08. The van der Waals surface area contributed by atoms with Gasteiger partial charge in [-0.15, -0.1) is 5.10 Å². The Morgan fingerprint density at radius 2 is 2.42 bits per heavy atom. The van der Waals surface area contributed by atoms with E-state index in [-0.39, 0.29) is 23.4 Å². The van der Waals surface area contributed by atoms with Gasteiger partial charge in [-0.3, -0.25) is 9.59 Å². The smallest absolute Gasteiger partial charge is 0.358 e. The van der Waals surface area contributed by atoms with Crippen molar-refractivity contribution in [2.24, 2.45) is 0 Å². The molecular weight excluding hydrogens is 274 g/mol. The monoisotopic (exact) mass is 285 g/mol. The molecule has 0 bridgehead atoms. The summed E-state index contributed by atoms with van der Waals surface area (Å²) in [5.41, 5.74) is -0.147. The minimum absolute atomic E-state index is 0.147. The number of carbonyl (C=O) groups excluding carboxylic acids is 2. The molecule has 1 aliphatic rings. The molecule has 9 nitrogen and oxygen atoms in total. The van der Waals surface area contributed by atoms with Gasteiger partial charge in [0.05, 0.1) is 12.7 Å². The van der Waals surface area contributed by atoms with Crippen molar-refractivity contribution in [1.82, 2.24) is 25.6 Å². The second-order valence-electron chi connectivity index (χ2n) is 3.76. The van der Waals surface area contributed by atoms with Gasteiger partial charge in [-0.05, 0) is 0 Å². The van der Waals surface area contributed by atoms with Crippen LogP contribution >= 0.6 is 11.8 Å². The number of aromatic carboxylic acids is 1. The molecule has 0 aliphatic carbocycles. The summed E-state index contributed by atoms with van der Waals surface area (Å²) in [6, 6.07) is -0.511. The van der Waals surface area contributed by atoms with Gasteiger partial charge in [0.1, 0.15) is 6.04 Å². The van der Waals surface area contributed by atoms with Crippen LogP contribution in [0.2, 0.25) is 0 Å². The third-order valence-electron chi connectivity index (χ3n) is 2.39. The van der Waals surface area contributed by atoms with Gasteiger partial charge in [-0.25, -0.2) is 9.48 Å². The Morgan fingerprint density at radius 3 is 3.00 bits per heavy atom. The zero-order valence-electron chi connectivity index (χ0n) is 9.70. The summed E-state index contributed by atoms with van der Waals surface area (Å²) in [5.74, 6) is -1.00. The summed E-state index contributed by atoms with van der Waals surface area (Å²) in [6.45, 7) is 0.581. The lowest BCUT2D eigenvalue weighted by Crippen LogP contribution is -2.43. The highest BCUT2D eigenvalue weighted by Gasteiger charge is 2.27. The van der Waals surface area contributed by atoms with Crippen LogP contribution in [0.5, 0.6) is 0 Å². The van der Waals surface area contributed by atoms with Crippen molar-refractivity contribution in [3.63, 3.8) is 0 Å². The van der Waals surface area contributed by atoms with Gasteiger partial charge in [0.2, 0.25) is 5.91 Å². The van der Waals surface area contributed by atoms with Crippen molar-refractivity contribution in [3.8, 4) is 0 Å². The Morgan fingerprint density at radius 1 is 1.63 bits per heavy atom. The van der Waals surface area contributed by atoms with E-state index in [0.29, 0.717) is 12.3 Å². The zero-order valence-corrected chi connectivity index (χ0v) is 10.5. The van der Waals surface area contributed by atoms with Crippen LogP contribution in [-0.2, 0) is 11.3 Å². The van der Waals surface area contributed by atoms with Crippen molar-refractivity contribution in [1.29, 1.82) is 0 Å². The highest BCUT2D eigenvalue weighted by atomic mass is 32.2. The van der Waals surface area contributed by atoms with E-state index in [2.05, 4.69) is 20.9 Å². The molecule has 1 aromatic heterocycles. The molecule has 102 valence electrons. The lowest BCUT2D eigenvalue weighted by atomic mass is 10.3. The number of thioether (sulfide) groups is 1. The molecule has 0 aromatic carbocycles. The minimum atomic E-state index is -1.15. The van der Waals surface area contributed by atoms with Gasteiger partial charge in [0.25, 0.3) is 5.24 Å². The van der Waals surface area contributed by atoms with Crippen LogP contribution in [0.4, 0.5) is 4.79 Å². The largest absolute Gasteiger partial charge is 0.476 e. The number of aromatic nitrogens is 3. The zero-order chi connectivity index (χ0) is 13.8. The average molecular weight is 285 g/mol. The maximum Gasteiger partial charge on any atom is 0.358 e. The third kappa shape index (κ3) is 3.44. The Kier molecular flexibility index (Phi) is 4.00.